The first-order chi connectivity index (χ1) is 7.40. The first-order valence-corrected chi connectivity index (χ1v) is 4.74. The van der Waals surface area contributed by atoms with Gasteiger partial charge >= 0.3 is 0 Å². The van der Waals surface area contributed by atoms with E-state index in [0.717, 1.165) is 6.07 Å². The number of rotatable bonds is 4. The van der Waals surface area contributed by atoms with Crippen LogP contribution in [0, 0.1) is 15.9 Å². The van der Waals surface area contributed by atoms with Crippen molar-refractivity contribution in [2.75, 3.05) is 18.5 Å². The second-order valence-electron chi connectivity index (χ2n) is 3.65. The number of halogens is 1. The van der Waals surface area contributed by atoms with Gasteiger partial charge in [0.05, 0.1) is 17.1 Å². The quantitative estimate of drug-likeness (QED) is 0.627. The van der Waals surface area contributed by atoms with Gasteiger partial charge in [-0.3, -0.25) is 10.1 Å². The van der Waals surface area contributed by atoms with Crippen molar-refractivity contribution in [3.8, 4) is 0 Å². The van der Waals surface area contributed by atoms with Crippen LogP contribution in [0.3, 0.4) is 0 Å². The summed E-state index contributed by atoms with van der Waals surface area (Å²) in [6, 6.07) is 3.32. The number of nitrogens with zero attached hydrogens (tertiary/aromatic N) is 2. The van der Waals surface area contributed by atoms with E-state index in [2.05, 4.69) is 0 Å². The highest BCUT2D eigenvalue weighted by Gasteiger charge is 2.13. The fraction of sp³-hybridized carbons (Fsp3) is 0.400. The SMILES string of the molecule is CC(O)CN(C)c1cc(F)cc([N+](=O)[O-])c1. The maximum absolute atomic E-state index is 13.1. The molecule has 1 aromatic rings. The Morgan fingerprint density at radius 2 is 2.19 bits per heavy atom. The standard InChI is InChI=1S/C10H13FN2O3/c1-7(14)6-12(2)9-3-8(11)4-10(5-9)13(15)16/h3-5,7,14H,6H2,1-2H3. The Labute approximate surface area is 92.3 Å². The summed E-state index contributed by atoms with van der Waals surface area (Å²) in [7, 11) is 1.63. The minimum Gasteiger partial charge on any atom is -0.392 e. The van der Waals surface area contributed by atoms with Crippen LogP contribution in [0.5, 0.6) is 0 Å². The lowest BCUT2D eigenvalue weighted by atomic mass is 10.2. The minimum absolute atomic E-state index is 0.278. The van der Waals surface area contributed by atoms with Gasteiger partial charge < -0.3 is 10.0 Å². The Balaban J connectivity index is 3.00. The van der Waals surface area contributed by atoms with E-state index in [9.17, 15) is 14.5 Å². The first kappa shape index (κ1) is 12.4. The monoisotopic (exact) mass is 228 g/mol. The molecule has 0 fully saturated rings. The Kier molecular flexibility index (Phi) is 3.78. The summed E-state index contributed by atoms with van der Waals surface area (Å²) >= 11 is 0. The van der Waals surface area contributed by atoms with Gasteiger partial charge in [-0.2, -0.15) is 0 Å². The maximum Gasteiger partial charge on any atom is 0.274 e. The topological polar surface area (TPSA) is 66.6 Å². The van der Waals surface area contributed by atoms with Crippen LogP contribution < -0.4 is 4.90 Å². The summed E-state index contributed by atoms with van der Waals surface area (Å²) in [5.41, 5.74) is 0.0695. The maximum atomic E-state index is 13.1. The lowest BCUT2D eigenvalue weighted by Gasteiger charge is -2.20. The number of likely N-dealkylation sites (N-methyl/N-ethyl adjacent to an activating group) is 1. The highest BCUT2D eigenvalue weighted by Crippen LogP contribution is 2.22. The Morgan fingerprint density at radius 3 is 2.69 bits per heavy atom. The van der Waals surface area contributed by atoms with Gasteiger partial charge in [0.2, 0.25) is 0 Å². The van der Waals surface area contributed by atoms with E-state index in [1.165, 1.54) is 12.1 Å². The average Bonchev–Trinajstić information content (AvgIpc) is 2.15. The van der Waals surface area contributed by atoms with E-state index in [0.29, 0.717) is 5.69 Å². The zero-order valence-corrected chi connectivity index (χ0v) is 9.05. The summed E-state index contributed by atoms with van der Waals surface area (Å²) in [5.74, 6) is -0.665. The van der Waals surface area contributed by atoms with Gasteiger partial charge in [-0.15, -0.1) is 0 Å². The molecule has 0 amide bonds. The molecule has 0 aromatic heterocycles. The van der Waals surface area contributed by atoms with E-state index in [1.807, 2.05) is 0 Å². The third-order valence-electron chi connectivity index (χ3n) is 2.06. The van der Waals surface area contributed by atoms with Crippen molar-refractivity contribution < 1.29 is 14.4 Å². The molecule has 0 spiro atoms. The molecule has 0 bridgehead atoms. The van der Waals surface area contributed by atoms with Crippen LogP contribution in [0.1, 0.15) is 6.92 Å². The van der Waals surface area contributed by atoms with Crippen LogP contribution in [0.15, 0.2) is 18.2 Å². The van der Waals surface area contributed by atoms with Gasteiger partial charge in [0, 0.05) is 25.3 Å². The summed E-state index contributed by atoms with van der Waals surface area (Å²) in [5, 5.41) is 19.7. The lowest BCUT2D eigenvalue weighted by molar-refractivity contribution is -0.385. The van der Waals surface area contributed by atoms with E-state index in [-0.39, 0.29) is 12.2 Å². The molecular weight excluding hydrogens is 215 g/mol. The third kappa shape index (κ3) is 3.16. The van der Waals surface area contributed by atoms with E-state index in [4.69, 9.17) is 5.11 Å². The van der Waals surface area contributed by atoms with E-state index >= 15 is 0 Å². The molecule has 0 aliphatic carbocycles. The van der Waals surface area contributed by atoms with Gasteiger partial charge in [-0.25, -0.2) is 4.39 Å². The number of anilines is 1. The smallest absolute Gasteiger partial charge is 0.274 e. The fourth-order valence-electron chi connectivity index (χ4n) is 1.39. The Bertz CT molecular complexity index is 396. The minimum atomic E-state index is -0.665. The Hall–Kier alpha value is -1.69. The number of aliphatic hydroxyl groups is 1. The van der Waals surface area contributed by atoms with Crippen LogP contribution in [0.2, 0.25) is 0 Å². The molecule has 1 aromatic carbocycles. The van der Waals surface area contributed by atoms with Crippen molar-refractivity contribution in [3.63, 3.8) is 0 Å². The summed E-state index contributed by atoms with van der Waals surface area (Å²) < 4.78 is 13.1. The number of hydrogen-bond donors (Lipinski definition) is 1. The fourth-order valence-corrected chi connectivity index (χ4v) is 1.39. The largest absolute Gasteiger partial charge is 0.392 e. The molecule has 0 radical (unpaired) electrons. The molecule has 88 valence electrons. The molecule has 1 atom stereocenters. The third-order valence-corrected chi connectivity index (χ3v) is 2.06. The molecule has 1 rings (SSSR count). The average molecular weight is 228 g/mol. The van der Waals surface area contributed by atoms with Gasteiger partial charge in [-0.05, 0) is 13.0 Å². The summed E-state index contributed by atoms with van der Waals surface area (Å²) in [4.78, 5) is 11.4. The van der Waals surface area contributed by atoms with Crippen molar-refractivity contribution in [1.29, 1.82) is 0 Å². The highest BCUT2D eigenvalue weighted by molar-refractivity contribution is 5.53. The molecule has 0 aliphatic rings. The molecule has 1 N–H and O–H groups in total. The number of non-ortho nitro benzene ring substituents is 1. The van der Waals surface area contributed by atoms with Crippen LogP contribution >= 0.6 is 0 Å². The van der Waals surface area contributed by atoms with Crippen LogP contribution in [0.25, 0.3) is 0 Å². The van der Waals surface area contributed by atoms with Gasteiger partial charge in [0.1, 0.15) is 5.82 Å². The van der Waals surface area contributed by atoms with E-state index < -0.39 is 16.8 Å². The predicted octanol–water partition coefficient (Wildman–Crippen LogP) is 1.55. The molecule has 0 aliphatic heterocycles. The summed E-state index contributed by atoms with van der Waals surface area (Å²) in [6.07, 6.45) is -0.590. The highest BCUT2D eigenvalue weighted by atomic mass is 19.1. The van der Waals surface area contributed by atoms with E-state index in [1.54, 1.807) is 18.9 Å². The predicted molar refractivity (Wildman–Crippen MR) is 58.0 cm³/mol. The lowest BCUT2D eigenvalue weighted by Crippen LogP contribution is -2.26. The first-order valence-electron chi connectivity index (χ1n) is 4.74. The van der Waals surface area contributed by atoms with Crippen molar-refractivity contribution in [3.05, 3.63) is 34.1 Å². The molecule has 6 heteroatoms. The molecule has 0 saturated carbocycles. The molecule has 0 saturated heterocycles. The van der Waals surface area contributed by atoms with Crippen molar-refractivity contribution in [1.82, 2.24) is 0 Å². The number of nitro benzene ring substituents is 1. The van der Waals surface area contributed by atoms with Crippen molar-refractivity contribution >= 4 is 11.4 Å². The number of nitro groups is 1. The molecule has 1 unspecified atom stereocenters. The summed E-state index contributed by atoms with van der Waals surface area (Å²) in [6.45, 7) is 1.87. The van der Waals surface area contributed by atoms with Gasteiger partial charge in [0.25, 0.3) is 5.69 Å². The number of benzene rings is 1. The van der Waals surface area contributed by atoms with Crippen molar-refractivity contribution in [2.24, 2.45) is 0 Å². The number of aliphatic hydroxyl groups excluding tert-OH is 1. The Morgan fingerprint density at radius 1 is 1.56 bits per heavy atom. The normalized spacial score (nSPS) is 12.2. The molecule has 0 heterocycles. The second-order valence-corrected chi connectivity index (χ2v) is 3.65. The van der Waals surface area contributed by atoms with Crippen molar-refractivity contribution in [2.45, 2.75) is 13.0 Å². The molecule has 5 nitrogen and oxygen atoms in total. The van der Waals surface area contributed by atoms with Crippen LogP contribution in [0.4, 0.5) is 15.8 Å². The van der Waals surface area contributed by atoms with Crippen LogP contribution in [-0.4, -0.2) is 29.7 Å². The molecular formula is C10H13FN2O3. The molecule has 16 heavy (non-hydrogen) atoms. The van der Waals surface area contributed by atoms with Gasteiger partial charge in [0.15, 0.2) is 0 Å². The zero-order chi connectivity index (χ0) is 12.3. The number of hydrogen-bond acceptors (Lipinski definition) is 4. The second kappa shape index (κ2) is 4.89. The van der Waals surface area contributed by atoms with Crippen LogP contribution in [-0.2, 0) is 0 Å². The van der Waals surface area contributed by atoms with Gasteiger partial charge in [-0.1, -0.05) is 0 Å². The zero-order valence-electron chi connectivity index (χ0n) is 9.05.